The van der Waals surface area contributed by atoms with Crippen LogP contribution in [-0.4, -0.2) is 25.2 Å². The van der Waals surface area contributed by atoms with Crippen molar-refractivity contribution in [2.45, 2.75) is 19.8 Å². The quantitative estimate of drug-likeness (QED) is 0.0797. The van der Waals surface area contributed by atoms with Crippen LogP contribution in [0.2, 0.25) is 0 Å². The fourth-order valence-electron chi connectivity index (χ4n) is 4.77. The molecule has 6 heteroatoms. The van der Waals surface area contributed by atoms with Crippen LogP contribution in [0.4, 0.5) is 22.7 Å². The second kappa shape index (κ2) is 18.2. The van der Waals surface area contributed by atoms with Gasteiger partial charge in [-0.1, -0.05) is 75.9 Å². The van der Waals surface area contributed by atoms with Crippen LogP contribution in [0.3, 0.4) is 0 Å². The summed E-state index contributed by atoms with van der Waals surface area (Å²) in [4.78, 5) is 27.5. The first-order valence-electron chi connectivity index (χ1n) is 15.2. The van der Waals surface area contributed by atoms with Gasteiger partial charge in [-0.3, -0.25) is 0 Å². The van der Waals surface area contributed by atoms with Crippen LogP contribution in [0.5, 0.6) is 0 Å². The highest BCUT2D eigenvalue weighted by Gasteiger charge is 2.17. The fraction of sp³-hybridized carbons (Fsp3) is 0.122. The highest BCUT2D eigenvalue weighted by Crippen LogP contribution is 2.36. The lowest BCUT2D eigenvalue weighted by Gasteiger charge is -2.29. The SMILES string of the molecule is C=C/C=C(\C=C)N(c1ccc(N(/C(C=C)=C/C=C)c2cccc(CCOC(=O)C(=C)C)c2)cc1)c1cccc(CCOC(=O)C=C)c1. The topological polar surface area (TPSA) is 59.1 Å². The van der Waals surface area contributed by atoms with Crippen molar-refractivity contribution in [3.8, 4) is 0 Å². The van der Waals surface area contributed by atoms with Gasteiger partial charge in [0.15, 0.2) is 0 Å². The van der Waals surface area contributed by atoms with E-state index in [2.05, 4.69) is 61.4 Å². The molecule has 0 unspecified atom stereocenters. The predicted molar refractivity (Wildman–Crippen MR) is 195 cm³/mol. The number of esters is 2. The van der Waals surface area contributed by atoms with Gasteiger partial charge >= 0.3 is 11.9 Å². The Hall–Kier alpha value is -5.88. The molecule has 47 heavy (non-hydrogen) atoms. The van der Waals surface area contributed by atoms with Gasteiger partial charge in [-0.05, 0) is 90.9 Å². The van der Waals surface area contributed by atoms with Gasteiger partial charge in [-0.25, -0.2) is 9.59 Å². The normalized spacial score (nSPS) is 11.1. The van der Waals surface area contributed by atoms with Gasteiger partial charge in [0.05, 0.1) is 13.2 Å². The molecule has 3 rings (SSSR count). The Morgan fingerprint density at radius 1 is 0.638 bits per heavy atom. The molecule has 0 heterocycles. The molecule has 240 valence electrons. The van der Waals surface area contributed by atoms with Crippen LogP contribution in [0.1, 0.15) is 18.1 Å². The summed E-state index contributed by atoms with van der Waals surface area (Å²) >= 11 is 0. The lowest BCUT2D eigenvalue weighted by molar-refractivity contribution is -0.139. The van der Waals surface area contributed by atoms with Gasteiger partial charge in [0.25, 0.3) is 0 Å². The third-order valence-corrected chi connectivity index (χ3v) is 6.99. The van der Waals surface area contributed by atoms with E-state index in [0.29, 0.717) is 18.4 Å². The van der Waals surface area contributed by atoms with Crippen LogP contribution in [0.25, 0.3) is 0 Å². The molecule has 0 atom stereocenters. The summed E-state index contributed by atoms with van der Waals surface area (Å²) in [5.41, 5.74) is 7.68. The van der Waals surface area contributed by atoms with Crippen LogP contribution < -0.4 is 9.80 Å². The van der Waals surface area contributed by atoms with Crippen molar-refractivity contribution in [1.29, 1.82) is 0 Å². The molecule has 0 fully saturated rings. The van der Waals surface area contributed by atoms with Crippen LogP contribution in [0.15, 0.2) is 172 Å². The smallest absolute Gasteiger partial charge is 0.333 e. The van der Waals surface area contributed by atoms with E-state index in [0.717, 1.165) is 51.3 Å². The van der Waals surface area contributed by atoms with Gasteiger partial charge in [0, 0.05) is 58.6 Å². The number of rotatable bonds is 18. The highest BCUT2D eigenvalue weighted by molar-refractivity contribution is 5.87. The molecular formula is C41H42N2O4. The molecule has 0 aliphatic heterocycles. The van der Waals surface area contributed by atoms with E-state index in [4.69, 9.17) is 9.47 Å². The second-order valence-corrected chi connectivity index (χ2v) is 10.4. The van der Waals surface area contributed by atoms with Crippen LogP contribution >= 0.6 is 0 Å². The molecule has 0 bridgehead atoms. The summed E-state index contributed by atoms with van der Waals surface area (Å²) in [7, 11) is 0. The number of carbonyl (C=O) groups is 2. The molecule has 0 radical (unpaired) electrons. The molecule has 0 N–H and O–H groups in total. The third kappa shape index (κ3) is 10.1. The standard InChI is InChI=1S/C41H42N2O4/c1-8-15-34(10-3)42(38-19-13-17-32(29-38)25-27-46-40(44)12-5)36-21-23-37(24-22-36)43(35(11-4)16-9-2)39-20-14-18-33(30-39)26-28-47-41(45)31(6)7/h8-24,29-30H,1-6,25-28H2,7H3/b34-15+,35-16+. The number of carbonyl (C=O) groups excluding carboxylic acids is 2. The number of ether oxygens (including phenoxy) is 2. The minimum absolute atomic E-state index is 0.250. The van der Waals surface area contributed by atoms with Crippen LogP contribution in [-0.2, 0) is 31.9 Å². The largest absolute Gasteiger partial charge is 0.462 e. The molecule has 0 aliphatic rings. The first-order chi connectivity index (χ1) is 22.8. The number of hydrogen-bond acceptors (Lipinski definition) is 6. The maximum absolute atomic E-state index is 11.9. The van der Waals surface area contributed by atoms with Crippen molar-refractivity contribution in [1.82, 2.24) is 0 Å². The van der Waals surface area contributed by atoms with Crippen molar-refractivity contribution in [2.75, 3.05) is 23.0 Å². The molecule has 0 amide bonds. The summed E-state index contributed by atoms with van der Waals surface area (Å²) < 4.78 is 10.5. The highest BCUT2D eigenvalue weighted by atomic mass is 16.5. The van der Waals surface area contributed by atoms with Crippen molar-refractivity contribution in [3.63, 3.8) is 0 Å². The average Bonchev–Trinajstić information content (AvgIpc) is 3.08. The van der Waals surface area contributed by atoms with E-state index in [-0.39, 0.29) is 13.2 Å². The van der Waals surface area contributed by atoms with E-state index in [9.17, 15) is 9.59 Å². The maximum atomic E-state index is 11.9. The zero-order chi connectivity index (χ0) is 34.2. The maximum Gasteiger partial charge on any atom is 0.333 e. The Bertz CT molecular complexity index is 1690. The predicted octanol–water partition coefficient (Wildman–Crippen LogP) is 9.41. The summed E-state index contributed by atoms with van der Waals surface area (Å²) in [5, 5.41) is 0. The molecular weight excluding hydrogens is 584 g/mol. The molecule has 0 saturated carbocycles. The monoisotopic (exact) mass is 626 g/mol. The number of nitrogens with zero attached hydrogens (tertiary/aromatic N) is 2. The molecule has 0 aliphatic carbocycles. The number of benzene rings is 3. The van der Waals surface area contributed by atoms with Crippen molar-refractivity contribution in [2.24, 2.45) is 0 Å². The second-order valence-electron chi connectivity index (χ2n) is 10.4. The van der Waals surface area contributed by atoms with Gasteiger partial charge in [-0.15, -0.1) is 0 Å². The van der Waals surface area contributed by atoms with Crippen molar-refractivity contribution >= 4 is 34.7 Å². The average molecular weight is 627 g/mol. The van der Waals surface area contributed by atoms with Gasteiger partial charge in [0.1, 0.15) is 0 Å². The third-order valence-electron chi connectivity index (χ3n) is 6.99. The van der Waals surface area contributed by atoms with Crippen LogP contribution in [0, 0.1) is 0 Å². The Morgan fingerprint density at radius 2 is 1.09 bits per heavy atom. The zero-order valence-electron chi connectivity index (χ0n) is 27.1. The van der Waals surface area contributed by atoms with E-state index < -0.39 is 11.9 Å². The zero-order valence-corrected chi connectivity index (χ0v) is 27.1. The molecule has 0 aromatic heterocycles. The minimum Gasteiger partial charge on any atom is -0.462 e. The Morgan fingerprint density at radius 3 is 1.47 bits per heavy atom. The van der Waals surface area contributed by atoms with Crippen molar-refractivity contribution in [3.05, 3.63) is 183 Å². The van der Waals surface area contributed by atoms with E-state index in [1.807, 2.05) is 72.8 Å². The number of anilines is 4. The fourth-order valence-corrected chi connectivity index (χ4v) is 4.77. The number of allylic oxidation sites excluding steroid dienone is 6. The van der Waals surface area contributed by atoms with E-state index in [1.54, 1.807) is 31.2 Å². The number of hydrogen-bond donors (Lipinski definition) is 0. The molecule has 3 aromatic rings. The summed E-state index contributed by atoms with van der Waals surface area (Å²) in [5.74, 6) is -0.846. The first kappa shape index (κ1) is 35.6. The summed E-state index contributed by atoms with van der Waals surface area (Å²) in [6.45, 7) is 25.1. The molecule has 0 spiro atoms. The Labute approximate surface area is 278 Å². The van der Waals surface area contributed by atoms with E-state index in [1.165, 1.54) is 0 Å². The lowest BCUT2D eigenvalue weighted by Crippen LogP contribution is -2.17. The molecule has 3 aromatic carbocycles. The van der Waals surface area contributed by atoms with E-state index >= 15 is 0 Å². The first-order valence-corrected chi connectivity index (χ1v) is 15.2. The van der Waals surface area contributed by atoms with Gasteiger partial charge in [0.2, 0.25) is 0 Å². The Kier molecular flexibility index (Phi) is 13.8. The lowest BCUT2D eigenvalue weighted by atomic mass is 10.1. The Balaban J connectivity index is 2.01. The molecule has 6 nitrogen and oxygen atoms in total. The minimum atomic E-state index is -0.446. The molecule has 0 saturated heterocycles. The van der Waals surface area contributed by atoms with Crippen molar-refractivity contribution < 1.29 is 19.1 Å². The van der Waals surface area contributed by atoms with Gasteiger partial charge < -0.3 is 19.3 Å². The summed E-state index contributed by atoms with van der Waals surface area (Å²) in [6.07, 6.45) is 13.1. The summed E-state index contributed by atoms with van der Waals surface area (Å²) in [6, 6.07) is 24.3. The van der Waals surface area contributed by atoms with Gasteiger partial charge in [-0.2, -0.15) is 0 Å².